The van der Waals surface area contributed by atoms with Crippen molar-refractivity contribution in [3.8, 4) is 0 Å². The van der Waals surface area contributed by atoms with Crippen LogP contribution in [0.25, 0.3) is 0 Å². The molecule has 3 rings (SSSR count). The highest BCUT2D eigenvalue weighted by molar-refractivity contribution is 6.48. The Morgan fingerprint density at radius 2 is 1.72 bits per heavy atom. The minimum atomic E-state index is -5.37. The van der Waals surface area contributed by atoms with E-state index in [2.05, 4.69) is 0 Å². The number of hydrogen-bond acceptors (Lipinski definition) is 4. The summed E-state index contributed by atoms with van der Waals surface area (Å²) < 4.78 is 57.0. The first-order chi connectivity index (χ1) is 14.9. The molecule has 9 heteroatoms. The molecule has 2 aliphatic carbocycles. The van der Waals surface area contributed by atoms with Crippen LogP contribution in [-0.2, 0) is 19.8 Å². The van der Waals surface area contributed by atoms with E-state index in [1.807, 2.05) is 5.32 Å². The van der Waals surface area contributed by atoms with Crippen LogP contribution >= 0.6 is 0 Å². The molecule has 1 atom stereocenters. The van der Waals surface area contributed by atoms with Crippen molar-refractivity contribution < 1.29 is 37.1 Å². The number of carbonyl (C=O) groups excluding carboxylic acids is 3. The molecule has 32 heavy (non-hydrogen) atoms. The number of allylic oxidation sites excluding steroid dienone is 3. The predicted molar refractivity (Wildman–Crippen MR) is 107 cm³/mol. The van der Waals surface area contributed by atoms with Crippen LogP contribution < -0.4 is 5.32 Å². The lowest BCUT2D eigenvalue weighted by molar-refractivity contribution is -0.258. The molecule has 1 aromatic carbocycles. The number of nitrogens with one attached hydrogen (secondary N) is 1. The lowest BCUT2D eigenvalue weighted by atomic mass is 9.63. The summed E-state index contributed by atoms with van der Waals surface area (Å²) in [5, 5.41) is 12.7. The van der Waals surface area contributed by atoms with Gasteiger partial charge in [0.05, 0.1) is 0 Å². The van der Waals surface area contributed by atoms with Gasteiger partial charge in [-0.2, -0.15) is 13.2 Å². The summed E-state index contributed by atoms with van der Waals surface area (Å²) in [6, 6.07) is 5.45. The molecule has 172 valence electrons. The second kappa shape index (κ2) is 8.61. The van der Waals surface area contributed by atoms with E-state index in [-0.39, 0.29) is 29.7 Å². The molecule has 1 fully saturated rings. The van der Waals surface area contributed by atoms with E-state index in [4.69, 9.17) is 0 Å². The number of halogens is 4. The van der Waals surface area contributed by atoms with Gasteiger partial charge in [0, 0.05) is 29.2 Å². The molecule has 0 saturated heterocycles. The Balaban J connectivity index is 2.00. The monoisotopic (exact) mass is 453 g/mol. The maximum atomic E-state index is 14.6. The van der Waals surface area contributed by atoms with E-state index in [1.54, 1.807) is 0 Å². The minimum absolute atomic E-state index is 0.0311. The highest BCUT2D eigenvalue weighted by Gasteiger charge is 2.63. The van der Waals surface area contributed by atoms with Crippen LogP contribution in [0.5, 0.6) is 0 Å². The van der Waals surface area contributed by atoms with Crippen molar-refractivity contribution in [2.45, 2.75) is 62.6 Å². The molecular formula is C23H23F4NO4. The summed E-state index contributed by atoms with van der Waals surface area (Å²) >= 11 is 0. The highest BCUT2D eigenvalue weighted by Crippen LogP contribution is 2.49. The van der Waals surface area contributed by atoms with Crippen molar-refractivity contribution in [2.24, 2.45) is 0 Å². The van der Waals surface area contributed by atoms with Crippen LogP contribution in [0.1, 0.15) is 51.0 Å². The number of Topliss-reactive ketones (excluding diaryl/α,β-unsaturated/α-hetero) is 1. The molecule has 0 aliphatic heterocycles. The van der Waals surface area contributed by atoms with Gasteiger partial charge in [0.2, 0.25) is 17.2 Å². The number of rotatable bonds is 5. The lowest BCUT2D eigenvalue weighted by Crippen LogP contribution is -2.60. The molecule has 0 heterocycles. The number of amides is 1. The van der Waals surface area contributed by atoms with E-state index in [0.29, 0.717) is 18.9 Å². The van der Waals surface area contributed by atoms with Crippen molar-refractivity contribution in [3.63, 3.8) is 0 Å². The molecule has 5 nitrogen and oxygen atoms in total. The maximum Gasteiger partial charge on any atom is 0.426 e. The van der Waals surface area contributed by atoms with Gasteiger partial charge in [-0.3, -0.25) is 14.4 Å². The van der Waals surface area contributed by atoms with Crippen LogP contribution in [0.15, 0.2) is 47.7 Å². The number of hydrogen-bond donors (Lipinski definition) is 2. The van der Waals surface area contributed by atoms with Gasteiger partial charge in [0.25, 0.3) is 5.91 Å². The van der Waals surface area contributed by atoms with Crippen LogP contribution in [0.2, 0.25) is 0 Å². The van der Waals surface area contributed by atoms with Crippen LogP contribution in [0.3, 0.4) is 0 Å². The number of aliphatic hydroxyl groups is 1. The van der Waals surface area contributed by atoms with Gasteiger partial charge in [0.15, 0.2) is 0 Å². The van der Waals surface area contributed by atoms with Gasteiger partial charge in [-0.05, 0) is 37.5 Å². The largest absolute Gasteiger partial charge is 0.426 e. The van der Waals surface area contributed by atoms with Crippen molar-refractivity contribution in [1.29, 1.82) is 0 Å². The summed E-state index contributed by atoms with van der Waals surface area (Å²) in [5.74, 6) is -4.32. The Morgan fingerprint density at radius 1 is 1.09 bits per heavy atom. The zero-order valence-corrected chi connectivity index (χ0v) is 17.4. The third kappa shape index (κ3) is 4.39. The van der Waals surface area contributed by atoms with Crippen LogP contribution in [0, 0.1) is 5.82 Å². The molecule has 0 aromatic heterocycles. The molecule has 0 radical (unpaired) electrons. The third-order valence-corrected chi connectivity index (χ3v) is 6.19. The lowest BCUT2D eigenvalue weighted by Gasteiger charge is -2.43. The Kier molecular flexibility index (Phi) is 6.42. The van der Waals surface area contributed by atoms with Crippen molar-refractivity contribution in [3.05, 3.63) is 59.1 Å². The standard InChI is InChI=1S/C23H23F4NO4/c1-14-11-15(12-18(29)19(14)30)28-20(31)22(32,23(25,26)27)13-21(9-5-2-6-10-21)16-7-3-4-8-17(16)24/h3-4,7-8,11-12,32H,2,5-6,9-10,13H2,1H3,(H,28,31). The number of carbonyl (C=O) groups is 3. The first-order valence-electron chi connectivity index (χ1n) is 10.2. The molecule has 0 spiro atoms. The number of benzene rings is 1. The van der Waals surface area contributed by atoms with Gasteiger partial charge in [-0.25, -0.2) is 4.39 Å². The molecule has 0 bridgehead atoms. The second-order valence-electron chi connectivity index (χ2n) is 8.43. The molecular weight excluding hydrogens is 430 g/mol. The second-order valence-corrected chi connectivity index (χ2v) is 8.43. The van der Waals surface area contributed by atoms with Crippen molar-refractivity contribution >= 4 is 17.5 Å². The Morgan fingerprint density at radius 3 is 2.28 bits per heavy atom. The molecule has 1 saturated carbocycles. The quantitative estimate of drug-likeness (QED) is 0.404. The fourth-order valence-electron chi connectivity index (χ4n) is 4.51. The van der Waals surface area contributed by atoms with Gasteiger partial charge >= 0.3 is 6.18 Å². The van der Waals surface area contributed by atoms with Crippen molar-refractivity contribution in [2.75, 3.05) is 0 Å². The zero-order valence-electron chi connectivity index (χ0n) is 17.4. The molecule has 2 N–H and O–H groups in total. The smallest absolute Gasteiger partial charge is 0.373 e. The molecule has 1 amide bonds. The number of alkyl halides is 3. The number of ketones is 2. The zero-order chi connectivity index (χ0) is 23.7. The predicted octanol–water partition coefficient (Wildman–Crippen LogP) is 3.81. The van der Waals surface area contributed by atoms with E-state index in [1.165, 1.54) is 25.1 Å². The summed E-state index contributed by atoms with van der Waals surface area (Å²) in [7, 11) is 0. The Hall–Kier alpha value is -2.81. The van der Waals surface area contributed by atoms with E-state index in [9.17, 15) is 37.1 Å². The Labute approximate surface area is 182 Å². The Bertz CT molecular complexity index is 1010. The maximum absolute atomic E-state index is 14.6. The summed E-state index contributed by atoms with van der Waals surface area (Å²) in [4.78, 5) is 36.0. The summed E-state index contributed by atoms with van der Waals surface area (Å²) in [6.45, 7) is 1.28. The third-order valence-electron chi connectivity index (χ3n) is 6.19. The fourth-order valence-corrected chi connectivity index (χ4v) is 4.51. The average molecular weight is 453 g/mol. The van der Waals surface area contributed by atoms with Gasteiger partial charge in [-0.15, -0.1) is 0 Å². The summed E-state index contributed by atoms with van der Waals surface area (Å²) in [5.41, 5.74) is -5.60. The average Bonchev–Trinajstić information content (AvgIpc) is 2.72. The molecule has 2 aliphatic rings. The normalized spacial score (nSPS) is 20.8. The summed E-state index contributed by atoms with van der Waals surface area (Å²) in [6.07, 6.45) is -2.54. The SMILES string of the molecule is CC1=CC(NC(=O)C(O)(CC2(c3ccccc3F)CCCCC2)C(F)(F)F)=CC(=O)C1=O. The van der Waals surface area contributed by atoms with E-state index in [0.717, 1.165) is 18.6 Å². The molecule has 1 aromatic rings. The van der Waals surface area contributed by atoms with Gasteiger partial charge in [0.1, 0.15) is 5.82 Å². The van der Waals surface area contributed by atoms with Crippen molar-refractivity contribution in [1.82, 2.24) is 5.32 Å². The van der Waals surface area contributed by atoms with Crippen LogP contribution in [0.4, 0.5) is 17.6 Å². The minimum Gasteiger partial charge on any atom is -0.373 e. The van der Waals surface area contributed by atoms with E-state index >= 15 is 0 Å². The highest BCUT2D eigenvalue weighted by atomic mass is 19.4. The van der Waals surface area contributed by atoms with Gasteiger partial charge in [-0.1, -0.05) is 37.5 Å². The molecule has 1 unspecified atom stereocenters. The van der Waals surface area contributed by atoms with Gasteiger partial charge < -0.3 is 10.4 Å². The first kappa shape index (κ1) is 23.8. The fraction of sp³-hybridized carbons (Fsp3) is 0.435. The van der Waals surface area contributed by atoms with E-state index < -0.39 is 46.9 Å². The topological polar surface area (TPSA) is 83.5 Å². The van der Waals surface area contributed by atoms with Crippen LogP contribution in [-0.4, -0.2) is 34.4 Å². The first-order valence-corrected chi connectivity index (χ1v) is 10.2.